The van der Waals surface area contributed by atoms with Crippen molar-refractivity contribution in [3.63, 3.8) is 0 Å². The lowest BCUT2D eigenvalue weighted by Crippen LogP contribution is -2.06. The smallest absolute Gasteiger partial charge is 0.101 e. The summed E-state index contributed by atoms with van der Waals surface area (Å²) in [5.74, 6) is 0. The first kappa shape index (κ1) is 38.4. The van der Waals surface area contributed by atoms with Gasteiger partial charge in [-0.25, -0.2) is 0 Å². The average Bonchev–Trinajstić information content (AvgIpc) is 4.15. The van der Waals surface area contributed by atoms with E-state index in [2.05, 4.69) is 237 Å². The number of rotatable bonds is 5. The van der Waals surface area contributed by atoms with Gasteiger partial charge in [0.05, 0.1) is 55.4 Å². The molecule has 4 heterocycles. The molecule has 0 bridgehead atoms. The van der Waals surface area contributed by atoms with Crippen LogP contribution >= 0.6 is 0 Å². The first-order valence-electron chi connectivity index (χ1n) is 23.7. The van der Waals surface area contributed by atoms with E-state index in [1.807, 2.05) is 6.07 Å². The summed E-state index contributed by atoms with van der Waals surface area (Å²) >= 11 is 0. The molecule has 0 atom stereocenters. The van der Waals surface area contributed by atoms with Gasteiger partial charge < -0.3 is 23.7 Å². The van der Waals surface area contributed by atoms with Crippen molar-refractivity contribution in [3.05, 3.63) is 230 Å². The van der Waals surface area contributed by atoms with Crippen molar-refractivity contribution >= 4 is 115 Å². The molecule has 0 spiro atoms. The molecule has 11 aromatic carbocycles. The van der Waals surface area contributed by atoms with Crippen LogP contribution in [-0.2, 0) is 0 Å². The first-order valence-corrected chi connectivity index (χ1v) is 23.7. The lowest BCUT2D eigenvalue weighted by Gasteiger charge is -2.17. The summed E-state index contributed by atoms with van der Waals surface area (Å²) < 4.78 is 9.22. The Hall–Kier alpha value is -9.70. The van der Waals surface area contributed by atoms with Crippen molar-refractivity contribution in [1.29, 1.82) is 10.7 Å². The molecular formula is C64H38N6. The van der Waals surface area contributed by atoms with Crippen molar-refractivity contribution in [2.45, 2.75) is 0 Å². The fourth-order valence-electron chi connectivity index (χ4n) is 12.0. The third kappa shape index (κ3) is 5.18. The van der Waals surface area contributed by atoms with Crippen molar-refractivity contribution in [3.8, 4) is 28.8 Å². The minimum Gasteiger partial charge on any atom is -0.309 e. The number of aromatic nitrogens is 4. The van der Waals surface area contributed by atoms with E-state index in [1.54, 1.807) is 0 Å². The van der Waals surface area contributed by atoms with E-state index in [0.29, 0.717) is 16.8 Å². The van der Waals surface area contributed by atoms with Crippen LogP contribution in [0.4, 0.5) is 0 Å². The fraction of sp³-hybridized carbons (Fsp3) is 0. The molecular weight excluding hydrogens is 853 g/mol. The van der Waals surface area contributed by atoms with Crippen molar-refractivity contribution < 1.29 is 0 Å². The first-order chi connectivity index (χ1) is 34.7. The second-order valence-electron chi connectivity index (χ2n) is 18.4. The Labute approximate surface area is 400 Å². The van der Waals surface area contributed by atoms with Gasteiger partial charge in [-0.2, -0.15) is 5.26 Å². The molecule has 324 valence electrons. The Kier molecular flexibility index (Phi) is 7.90. The summed E-state index contributed by atoms with van der Waals surface area (Å²) in [6.45, 7) is 0. The predicted octanol–water partition coefficient (Wildman–Crippen LogP) is 16.3. The van der Waals surface area contributed by atoms with Gasteiger partial charge in [0.1, 0.15) is 6.07 Å². The van der Waals surface area contributed by atoms with Crippen molar-refractivity contribution in [2.24, 2.45) is 0 Å². The van der Waals surface area contributed by atoms with E-state index >= 15 is 0 Å². The summed E-state index contributed by atoms with van der Waals surface area (Å²) in [6.07, 6.45) is 1.41. The molecule has 0 saturated carbocycles. The van der Waals surface area contributed by atoms with Gasteiger partial charge in [-0.05, 0) is 106 Å². The zero-order valence-corrected chi connectivity index (χ0v) is 37.6. The van der Waals surface area contributed by atoms with Gasteiger partial charge in [-0.1, -0.05) is 133 Å². The molecule has 4 aromatic heterocycles. The zero-order chi connectivity index (χ0) is 46.2. The molecule has 0 radical (unpaired) electrons. The molecule has 15 aromatic rings. The van der Waals surface area contributed by atoms with Crippen molar-refractivity contribution in [1.82, 2.24) is 18.3 Å². The largest absolute Gasteiger partial charge is 0.309 e. The summed E-state index contributed by atoms with van der Waals surface area (Å²) in [5.41, 5.74) is 13.3. The third-order valence-corrected chi connectivity index (χ3v) is 14.8. The standard InChI is InChI=1S/C64H38N6/c65-37-41-33-45(69-58-31-27-43(35-52(58)62-46-15-3-1-13-39(46)25-29-60(62)69)67-54-21-9-5-17-48(54)49-18-6-10-22-55(49)67)34-42(38-66)64(41)70-59-32-28-44(36-53(59)63-47-16-4-2-14-40(47)26-30-61(63)70)68-56-23-11-7-19-50(56)51-20-8-12-24-57(51)68/h1-37,65H. The van der Waals surface area contributed by atoms with Crippen LogP contribution in [0.15, 0.2) is 218 Å². The van der Waals surface area contributed by atoms with E-state index in [4.69, 9.17) is 5.41 Å². The quantitative estimate of drug-likeness (QED) is 0.172. The minimum atomic E-state index is 0.479. The van der Waals surface area contributed by atoms with Crippen LogP contribution in [0.3, 0.4) is 0 Å². The third-order valence-electron chi connectivity index (χ3n) is 14.8. The van der Waals surface area contributed by atoms with E-state index in [0.717, 1.165) is 104 Å². The maximum absolute atomic E-state index is 11.4. The molecule has 6 heteroatoms. The van der Waals surface area contributed by atoms with Crippen LogP contribution in [0.25, 0.3) is 132 Å². The van der Waals surface area contributed by atoms with Gasteiger partial charge in [-0.15, -0.1) is 0 Å². The van der Waals surface area contributed by atoms with Crippen molar-refractivity contribution in [2.75, 3.05) is 0 Å². The number of hydrogen-bond donors (Lipinski definition) is 1. The fourth-order valence-corrected chi connectivity index (χ4v) is 12.0. The molecule has 6 nitrogen and oxygen atoms in total. The summed E-state index contributed by atoms with van der Waals surface area (Å²) in [7, 11) is 0. The van der Waals surface area contributed by atoms with Crippen LogP contribution in [-0.4, -0.2) is 24.5 Å². The van der Waals surface area contributed by atoms with E-state index in [-0.39, 0.29) is 0 Å². The van der Waals surface area contributed by atoms with Gasteiger partial charge in [0.2, 0.25) is 0 Å². The van der Waals surface area contributed by atoms with Gasteiger partial charge in [0.25, 0.3) is 0 Å². The Morgan fingerprint density at radius 1 is 0.329 bits per heavy atom. The molecule has 0 aliphatic carbocycles. The SMILES string of the molecule is N#Cc1cc(-n2c3ccc(-n4c5ccccc5c5ccccc54)cc3c3c4ccccc4ccc32)cc(C=N)c1-n1c2ccc(-n3c4ccccc4c4ccccc43)cc2c2c3ccccc3ccc21. The van der Waals surface area contributed by atoms with Crippen LogP contribution in [0.1, 0.15) is 11.1 Å². The number of nitrogens with zero attached hydrogens (tertiary/aromatic N) is 5. The number of para-hydroxylation sites is 4. The number of nitriles is 1. The molecule has 15 rings (SSSR count). The van der Waals surface area contributed by atoms with E-state index in [1.165, 1.54) is 27.8 Å². The van der Waals surface area contributed by atoms with E-state index in [9.17, 15) is 5.26 Å². The van der Waals surface area contributed by atoms with E-state index < -0.39 is 0 Å². The summed E-state index contributed by atoms with van der Waals surface area (Å²) in [6, 6.07) is 80.5. The summed E-state index contributed by atoms with van der Waals surface area (Å²) in [4.78, 5) is 0. The molecule has 70 heavy (non-hydrogen) atoms. The Morgan fingerprint density at radius 3 is 1.16 bits per heavy atom. The highest BCUT2D eigenvalue weighted by atomic mass is 15.0. The lowest BCUT2D eigenvalue weighted by molar-refractivity contribution is 1.12. The minimum absolute atomic E-state index is 0.479. The zero-order valence-electron chi connectivity index (χ0n) is 37.6. The molecule has 0 fully saturated rings. The monoisotopic (exact) mass is 890 g/mol. The second-order valence-corrected chi connectivity index (χ2v) is 18.4. The highest BCUT2D eigenvalue weighted by Crippen LogP contribution is 2.44. The van der Waals surface area contributed by atoms with Crippen LogP contribution < -0.4 is 0 Å². The number of fused-ring (bicyclic) bond motifs is 16. The van der Waals surface area contributed by atoms with Gasteiger partial charge in [0, 0.05) is 71.9 Å². The van der Waals surface area contributed by atoms with Crippen LogP contribution in [0.2, 0.25) is 0 Å². The molecule has 0 amide bonds. The van der Waals surface area contributed by atoms with Gasteiger partial charge in [-0.3, -0.25) is 0 Å². The maximum atomic E-state index is 11.4. The number of nitrogens with one attached hydrogen (secondary N) is 1. The number of benzene rings is 11. The predicted molar refractivity (Wildman–Crippen MR) is 291 cm³/mol. The summed E-state index contributed by atoms with van der Waals surface area (Å²) in [5, 5.41) is 34.4. The molecule has 0 unspecified atom stereocenters. The van der Waals surface area contributed by atoms with Crippen LogP contribution in [0, 0.1) is 16.7 Å². The molecule has 0 aliphatic heterocycles. The highest BCUT2D eigenvalue weighted by molar-refractivity contribution is 6.24. The number of hydrogen-bond acceptors (Lipinski definition) is 2. The Morgan fingerprint density at radius 2 is 0.700 bits per heavy atom. The second kappa shape index (κ2) is 14.4. The molecule has 0 saturated heterocycles. The molecule has 1 N–H and O–H groups in total. The Bertz CT molecular complexity index is 4710. The van der Waals surface area contributed by atoms with Crippen LogP contribution in [0.5, 0.6) is 0 Å². The normalized spacial score (nSPS) is 12.0. The highest BCUT2D eigenvalue weighted by Gasteiger charge is 2.24. The Balaban J connectivity index is 0.991. The topological polar surface area (TPSA) is 67.4 Å². The molecule has 0 aliphatic rings. The van der Waals surface area contributed by atoms with Gasteiger partial charge >= 0.3 is 0 Å². The maximum Gasteiger partial charge on any atom is 0.101 e. The average molecular weight is 891 g/mol. The lowest BCUT2D eigenvalue weighted by atomic mass is 10.0. The van der Waals surface area contributed by atoms with Gasteiger partial charge in [0.15, 0.2) is 0 Å².